The molecular formula is C14H9ClF3NO2S. The molecule has 0 aliphatic rings. The van der Waals surface area contributed by atoms with Gasteiger partial charge in [0.1, 0.15) is 10.8 Å². The first-order valence-electron chi connectivity index (χ1n) is 5.93. The smallest absolute Gasteiger partial charge is 0.417 e. The average Bonchev–Trinajstić information content (AvgIpc) is 2.41. The summed E-state index contributed by atoms with van der Waals surface area (Å²) in [5, 5.41) is -0.730. The molecule has 0 amide bonds. The molecule has 22 heavy (non-hydrogen) atoms. The van der Waals surface area contributed by atoms with Gasteiger partial charge in [0, 0.05) is 17.3 Å². The summed E-state index contributed by atoms with van der Waals surface area (Å²) in [7, 11) is 0. The molecule has 2 rings (SSSR count). The molecular weight excluding hydrogens is 339 g/mol. The predicted octanol–water partition coefficient (Wildman–Crippen LogP) is 4.92. The number of hydrogen-bond acceptors (Lipinski definition) is 3. The van der Waals surface area contributed by atoms with Gasteiger partial charge in [-0.2, -0.15) is 13.2 Å². The number of thiol groups is 1. The SMILES string of the molecule is Cc1c(Oc2ncc(C(F)(F)F)cc2Cl)cccc1C(=O)S. The van der Waals surface area contributed by atoms with Crippen LogP contribution in [0.1, 0.15) is 21.5 Å². The van der Waals surface area contributed by atoms with Crippen LogP contribution in [-0.2, 0) is 6.18 Å². The Labute approximate surface area is 134 Å². The molecule has 0 fully saturated rings. The summed E-state index contributed by atoms with van der Waals surface area (Å²) < 4.78 is 43.0. The Morgan fingerprint density at radius 2 is 2.05 bits per heavy atom. The van der Waals surface area contributed by atoms with Crippen LogP contribution in [0.3, 0.4) is 0 Å². The molecule has 2 aromatic rings. The molecule has 1 aromatic heterocycles. The minimum Gasteiger partial charge on any atom is -0.437 e. The van der Waals surface area contributed by atoms with Crippen LogP contribution in [0.2, 0.25) is 5.02 Å². The molecule has 0 unspecified atom stereocenters. The van der Waals surface area contributed by atoms with Crippen molar-refractivity contribution < 1.29 is 22.7 Å². The topological polar surface area (TPSA) is 39.2 Å². The van der Waals surface area contributed by atoms with E-state index in [-0.39, 0.29) is 16.7 Å². The average molecular weight is 348 g/mol. The third kappa shape index (κ3) is 3.53. The van der Waals surface area contributed by atoms with E-state index in [1.807, 2.05) is 0 Å². The number of nitrogens with zero attached hydrogens (tertiary/aromatic N) is 1. The second-order valence-corrected chi connectivity index (χ2v) is 5.16. The molecule has 0 saturated carbocycles. The highest BCUT2D eigenvalue weighted by Crippen LogP contribution is 2.35. The second kappa shape index (κ2) is 6.18. The molecule has 116 valence electrons. The number of halogens is 4. The van der Waals surface area contributed by atoms with E-state index in [4.69, 9.17) is 16.3 Å². The highest BCUT2D eigenvalue weighted by Gasteiger charge is 2.31. The zero-order valence-corrected chi connectivity index (χ0v) is 12.8. The lowest BCUT2D eigenvalue weighted by atomic mass is 10.1. The fourth-order valence-corrected chi connectivity index (χ4v) is 2.16. The van der Waals surface area contributed by atoms with Crippen molar-refractivity contribution in [3.05, 3.63) is 52.2 Å². The molecule has 0 atom stereocenters. The number of carbonyl (C=O) groups is 1. The van der Waals surface area contributed by atoms with Crippen molar-refractivity contribution in [3.63, 3.8) is 0 Å². The van der Waals surface area contributed by atoms with Gasteiger partial charge in [0.15, 0.2) is 0 Å². The minimum absolute atomic E-state index is 0.179. The van der Waals surface area contributed by atoms with Crippen molar-refractivity contribution in [1.29, 1.82) is 0 Å². The highest BCUT2D eigenvalue weighted by molar-refractivity contribution is 7.97. The zero-order chi connectivity index (χ0) is 16.5. The summed E-state index contributed by atoms with van der Waals surface area (Å²) in [5.74, 6) is 0.0792. The number of benzene rings is 1. The van der Waals surface area contributed by atoms with Crippen LogP contribution in [0.15, 0.2) is 30.5 Å². The molecule has 0 bridgehead atoms. The van der Waals surface area contributed by atoms with E-state index < -0.39 is 16.9 Å². The third-order valence-corrected chi connectivity index (χ3v) is 3.37. The van der Waals surface area contributed by atoms with Crippen molar-refractivity contribution in [2.75, 3.05) is 0 Å². The normalized spacial score (nSPS) is 11.4. The van der Waals surface area contributed by atoms with E-state index in [9.17, 15) is 18.0 Å². The Morgan fingerprint density at radius 3 is 2.59 bits per heavy atom. The minimum atomic E-state index is -4.54. The monoisotopic (exact) mass is 347 g/mol. The summed E-state index contributed by atoms with van der Waals surface area (Å²) in [6.07, 6.45) is -3.91. The number of rotatable bonds is 3. The van der Waals surface area contributed by atoms with Crippen LogP contribution in [0, 0.1) is 6.92 Å². The van der Waals surface area contributed by atoms with Gasteiger partial charge in [0.2, 0.25) is 11.0 Å². The van der Waals surface area contributed by atoms with Crippen molar-refractivity contribution >= 4 is 29.3 Å². The van der Waals surface area contributed by atoms with Gasteiger partial charge in [-0.25, -0.2) is 4.98 Å². The first-order valence-corrected chi connectivity index (χ1v) is 6.76. The van der Waals surface area contributed by atoms with E-state index in [0.717, 1.165) is 6.07 Å². The van der Waals surface area contributed by atoms with Crippen LogP contribution >= 0.6 is 24.2 Å². The van der Waals surface area contributed by atoms with Gasteiger partial charge in [0.05, 0.1) is 5.56 Å². The number of hydrogen-bond donors (Lipinski definition) is 1. The fraction of sp³-hybridized carbons (Fsp3) is 0.143. The lowest BCUT2D eigenvalue weighted by Crippen LogP contribution is -2.06. The Balaban J connectivity index is 2.36. The van der Waals surface area contributed by atoms with Crippen LogP contribution in [0.5, 0.6) is 11.6 Å². The maximum absolute atomic E-state index is 12.5. The molecule has 1 aromatic carbocycles. The summed E-state index contributed by atoms with van der Waals surface area (Å²) in [5.41, 5.74) is -0.162. The van der Waals surface area contributed by atoms with Crippen molar-refractivity contribution in [2.24, 2.45) is 0 Å². The van der Waals surface area contributed by atoms with Gasteiger partial charge in [0.25, 0.3) is 0 Å². The van der Waals surface area contributed by atoms with Crippen LogP contribution in [-0.4, -0.2) is 10.1 Å². The molecule has 1 heterocycles. The summed E-state index contributed by atoms with van der Waals surface area (Å²) >= 11 is 9.51. The first kappa shape index (κ1) is 16.6. The zero-order valence-electron chi connectivity index (χ0n) is 11.1. The Hall–Kier alpha value is -1.73. The molecule has 0 N–H and O–H groups in total. The molecule has 3 nitrogen and oxygen atoms in total. The standard InChI is InChI=1S/C14H9ClF3NO2S/c1-7-9(13(20)22)3-2-4-11(7)21-12-10(15)5-8(6-19-12)14(16,17)18/h2-6H,1H3,(H,20,22). The predicted molar refractivity (Wildman–Crippen MR) is 78.8 cm³/mol. The number of ether oxygens (including phenoxy) is 1. The van der Waals surface area contributed by atoms with E-state index in [0.29, 0.717) is 17.3 Å². The van der Waals surface area contributed by atoms with Crippen molar-refractivity contribution in [2.45, 2.75) is 13.1 Å². The lowest BCUT2D eigenvalue weighted by molar-refractivity contribution is -0.137. The Bertz CT molecular complexity index is 735. The number of pyridine rings is 1. The fourth-order valence-electron chi connectivity index (χ4n) is 1.72. The molecule has 0 radical (unpaired) electrons. The quantitative estimate of drug-likeness (QED) is 0.801. The summed E-state index contributed by atoms with van der Waals surface area (Å²) in [4.78, 5) is 14.9. The number of aromatic nitrogens is 1. The van der Waals surface area contributed by atoms with E-state index in [2.05, 4.69) is 17.6 Å². The van der Waals surface area contributed by atoms with Crippen LogP contribution < -0.4 is 4.74 Å². The first-order chi connectivity index (χ1) is 10.2. The third-order valence-electron chi connectivity index (χ3n) is 2.86. The summed E-state index contributed by atoms with van der Waals surface area (Å²) in [6.45, 7) is 1.62. The summed E-state index contributed by atoms with van der Waals surface area (Å²) in [6, 6.07) is 5.39. The number of carbonyl (C=O) groups excluding carboxylic acids is 1. The van der Waals surface area contributed by atoms with Gasteiger partial charge < -0.3 is 4.74 Å². The Morgan fingerprint density at radius 1 is 1.36 bits per heavy atom. The van der Waals surface area contributed by atoms with Gasteiger partial charge in [-0.1, -0.05) is 17.7 Å². The molecule has 8 heteroatoms. The second-order valence-electron chi connectivity index (χ2n) is 4.34. The molecule has 0 aliphatic heterocycles. The van der Waals surface area contributed by atoms with Gasteiger partial charge in [-0.05, 0) is 25.1 Å². The Kier molecular flexibility index (Phi) is 4.67. The van der Waals surface area contributed by atoms with Crippen molar-refractivity contribution in [1.82, 2.24) is 4.98 Å². The largest absolute Gasteiger partial charge is 0.437 e. The van der Waals surface area contributed by atoms with Crippen molar-refractivity contribution in [3.8, 4) is 11.6 Å². The maximum atomic E-state index is 12.5. The number of alkyl halides is 3. The maximum Gasteiger partial charge on any atom is 0.417 e. The van der Waals surface area contributed by atoms with Crippen LogP contribution in [0.4, 0.5) is 13.2 Å². The lowest BCUT2D eigenvalue weighted by Gasteiger charge is -2.12. The van der Waals surface area contributed by atoms with Crippen LogP contribution in [0.25, 0.3) is 0 Å². The van der Waals surface area contributed by atoms with E-state index in [1.54, 1.807) is 25.1 Å². The molecule has 0 saturated heterocycles. The van der Waals surface area contributed by atoms with Gasteiger partial charge in [-0.15, -0.1) is 12.6 Å². The van der Waals surface area contributed by atoms with E-state index in [1.165, 1.54) is 0 Å². The highest BCUT2D eigenvalue weighted by atomic mass is 35.5. The van der Waals surface area contributed by atoms with Gasteiger partial charge >= 0.3 is 6.18 Å². The van der Waals surface area contributed by atoms with Gasteiger partial charge in [-0.3, -0.25) is 4.79 Å². The van der Waals surface area contributed by atoms with E-state index >= 15 is 0 Å². The molecule has 0 spiro atoms. The molecule has 0 aliphatic carbocycles.